The predicted octanol–water partition coefficient (Wildman–Crippen LogP) is 1.96. The quantitative estimate of drug-likeness (QED) is 0.737. The summed E-state index contributed by atoms with van der Waals surface area (Å²) in [7, 11) is -2.05. The number of carbonyl (C=O) groups is 1. The van der Waals surface area contributed by atoms with Gasteiger partial charge < -0.3 is 15.0 Å². The molecule has 0 aliphatic carbocycles. The van der Waals surface area contributed by atoms with Crippen LogP contribution >= 0.6 is 0 Å². The second-order valence-electron chi connectivity index (χ2n) is 7.82. The van der Waals surface area contributed by atoms with E-state index in [-0.39, 0.29) is 18.1 Å². The Kier molecular flexibility index (Phi) is 5.95. The van der Waals surface area contributed by atoms with E-state index in [1.54, 1.807) is 36.2 Å². The SMILES string of the molecule is CC(C)Oc1ccc(NS(=O)(=O)CC(=O)N(C)C2CC3CCC(C2)N3)cc1. The average molecular weight is 396 g/mol. The number of hydrogen-bond acceptors (Lipinski definition) is 5. The fourth-order valence-electron chi connectivity index (χ4n) is 3.90. The number of benzene rings is 1. The van der Waals surface area contributed by atoms with Gasteiger partial charge in [0.15, 0.2) is 0 Å². The van der Waals surface area contributed by atoms with Crippen molar-refractivity contribution in [3.63, 3.8) is 0 Å². The summed E-state index contributed by atoms with van der Waals surface area (Å²) in [5.74, 6) is -0.245. The predicted molar refractivity (Wildman–Crippen MR) is 105 cm³/mol. The molecule has 0 spiro atoms. The summed E-state index contributed by atoms with van der Waals surface area (Å²) >= 11 is 0. The largest absolute Gasteiger partial charge is 0.491 e. The maximum atomic E-state index is 12.5. The topological polar surface area (TPSA) is 87.7 Å². The molecule has 150 valence electrons. The van der Waals surface area contributed by atoms with Gasteiger partial charge in [0.25, 0.3) is 0 Å². The molecule has 2 unspecified atom stereocenters. The van der Waals surface area contributed by atoms with Gasteiger partial charge in [0.1, 0.15) is 11.5 Å². The van der Waals surface area contributed by atoms with E-state index in [9.17, 15) is 13.2 Å². The van der Waals surface area contributed by atoms with Crippen LogP contribution in [0.4, 0.5) is 5.69 Å². The van der Waals surface area contributed by atoms with Gasteiger partial charge in [-0.15, -0.1) is 0 Å². The summed E-state index contributed by atoms with van der Waals surface area (Å²) in [5.41, 5.74) is 0.418. The van der Waals surface area contributed by atoms with Gasteiger partial charge in [-0.2, -0.15) is 0 Å². The number of carbonyl (C=O) groups excluding carboxylic acids is 1. The minimum atomic E-state index is -3.76. The number of sulfonamides is 1. The van der Waals surface area contributed by atoms with E-state index in [1.807, 2.05) is 13.8 Å². The monoisotopic (exact) mass is 395 g/mol. The number of nitrogens with one attached hydrogen (secondary N) is 2. The molecule has 2 aliphatic heterocycles. The number of amides is 1. The fraction of sp³-hybridized carbons (Fsp3) is 0.632. The van der Waals surface area contributed by atoms with Crippen molar-refractivity contribution in [1.82, 2.24) is 10.2 Å². The summed E-state index contributed by atoms with van der Waals surface area (Å²) in [6, 6.07) is 7.68. The van der Waals surface area contributed by atoms with Crippen molar-refractivity contribution in [2.45, 2.75) is 63.8 Å². The van der Waals surface area contributed by atoms with Crippen molar-refractivity contribution < 1.29 is 17.9 Å². The molecule has 2 heterocycles. The van der Waals surface area contributed by atoms with Crippen LogP contribution in [0, 0.1) is 0 Å². The van der Waals surface area contributed by atoms with Crippen LogP contribution in [0.25, 0.3) is 0 Å². The van der Waals surface area contributed by atoms with Gasteiger partial charge in [-0.25, -0.2) is 8.42 Å². The molecule has 1 amide bonds. The molecule has 2 fully saturated rings. The highest BCUT2D eigenvalue weighted by molar-refractivity contribution is 7.93. The van der Waals surface area contributed by atoms with Gasteiger partial charge in [-0.1, -0.05) is 0 Å². The van der Waals surface area contributed by atoms with Crippen molar-refractivity contribution in [1.29, 1.82) is 0 Å². The first-order valence-electron chi connectivity index (χ1n) is 9.51. The molecule has 0 saturated carbocycles. The minimum Gasteiger partial charge on any atom is -0.491 e. The maximum Gasteiger partial charge on any atom is 0.241 e. The molecule has 27 heavy (non-hydrogen) atoms. The number of fused-ring (bicyclic) bond motifs is 2. The molecule has 0 radical (unpaired) electrons. The molecule has 1 aromatic rings. The first-order chi connectivity index (χ1) is 12.7. The number of nitrogens with zero attached hydrogens (tertiary/aromatic N) is 1. The number of piperidine rings is 1. The molecule has 2 aliphatic rings. The summed E-state index contributed by atoms with van der Waals surface area (Å²) in [4.78, 5) is 14.1. The van der Waals surface area contributed by atoms with Crippen molar-refractivity contribution in [2.75, 3.05) is 17.5 Å². The van der Waals surface area contributed by atoms with Crippen LogP contribution in [-0.4, -0.2) is 56.3 Å². The zero-order chi connectivity index (χ0) is 19.6. The van der Waals surface area contributed by atoms with Crippen LogP contribution in [0.1, 0.15) is 39.5 Å². The van der Waals surface area contributed by atoms with Gasteiger partial charge in [0.05, 0.1) is 6.10 Å². The Morgan fingerprint density at radius 3 is 2.37 bits per heavy atom. The Morgan fingerprint density at radius 1 is 1.22 bits per heavy atom. The third kappa shape index (κ3) is 5.35. The summed E-state index contributed by atoms with van der Waals surface area (Å²) in [6.45, 7) is 3.85. The van der Waals surface area contributed by atoms with E-state index in [4.69, 9.17) is 4.74 Å². The van der Waals surface area contributed by atoms with Crippen LogP contribution in [-0.2, 0) is 14.8 Å². The van der Waals surface area contributed by atoms with E-state index in [0.717, 1.165) is 25.7 Å². The third-order valence-electron chi connectivity index (χ3n) is 5.20. The standard InChI is InChI=1S/C19H29N3O4S/c1-13(2)26-18-8-6-14(7-9-18)21-27(24,25)12-19(23)22(3)17-10-15-4-5-16(11-17)20-15/h6-9,13,15-17,20-21H,4-5,10-12H2,1-3H3. The summed E-state index contributed by atoms with van der Waals surface area (Å²) in [5, 5.41) is 3.53. The highest BCUT2D eigenvalue weighted by Crippen LogP contribution is 2.29. The zero-order valence-corrected chi connectivity index (χ0v) is 17.0. The van der Waals surface area contributed by atoms with Gasteiger partial charge >= 0.3 is 0 Å². The Bertz CT molecular complexity index is 752. The normalized spacial score (nSPS) is 24.7. The number of hydrogen-bond donors (Lipinski definition) is 2. The van der Waals surface area contributed by atoms with Gasteiger partial charge in [-0.05, 0) is 63.8 Å². The van der Waals surface area contributed by atoms with E-state index in [2.05, 4.69) is 10.0 Å². The molecule has 2 atom stereocenters. The molecule has 0 aromatic heterocycles. The summed E-state index contributed by atoms with van der Waals surface area (Å²) in [6.07, 6.45) is 4.11. The lowest BCUT2D eigenvalue weighted by atomic mass is 9.98. The molecule has 1 aromatic carbocycles. The van der Waals surface area contributed by atoms with Crippen molar-refractivity contribution in [3.05, 3.63) is 24.3 Å². The second kappa shape index (κ2) is 8.06. The Morgan fingerprint density at radius 2 is 1.81 bits per heavy atom. The Labute approximate surface area is 161 Å². The molecule has 2 bridgehead atoms. The molecular weight excluding hydrogens is 366 g/mol. The lowest BCUT2D eigenvalue weighted by molar-refractivity contribution is -0.129. The average Bonchev–Trinajstić information content (AvgIpc) is 2.92. The fourth-order valence-corrected chi connectivity index (χ4v) is 5.00. The third-order valence-corrected chi connectivity index (χ3v) is 6.38. The van der Waals surface area contributed by atoms with Gasteiger partial charge in [0.2, 0.25) is 15.9 Å². The van der Waals surface area contributed by atoms with Crippen LogP contribution in [0.2, 0.25) is 0 Å². The van der Waals surface area contributed by atoms with Crippen LogP contribution in [0.5, 0.6) is 5.75 Å². The van der Waals surface area contributed by atoms with Crippen LogP contribution in [0.15, 0.2) is 24.3 Å². The number of rotatable bonds is 7. The highest BCUT2D eigenvalue weighted by atomic mass is 32.2. The van der Waals surface area contributed by atoms with Crippen molar-refractivity contribution in [3.8, 4) is 5.75 Å². The van der Waals surface area contributed by atoms with E-state index in [0.29, 0.717) is 23.5 Å². The summed E-state index contributed by atoms with van der Waals surface area (Å²) < 4.78 is 32.8. The molecule has 8 heteroatoms. The van der Waals surface area contributed by atoms with Crippen LogP contribution in [0.3, 0.4) is 0 Å². The lowest BCUT2D eigenvalue weighted by Gasteiger charge is -2.35. The second-order valence-corrected chi connectivity index (χ2v) is 9.54. The Hall–Kier alpha value is -1.80. The van der Waals surface area contributed by atoms with Crippen LogP contribution < -0.4 is 14.8 Å². The molecular formula is C19H29N3O4S. The molecule has 7 nitrogen and oxygen atoms in total. The van der Waals surface area contributed by atoms with E-state index < -0.39 is 15.8 Å². The van der Waals surface area contributed by atoms with E-state index in [1.165, 1.54) is 0 Å². The van der Waals surface area contributed by atoms with Gasteiger partial charge in [0, 0.05) is 30.9 Å². The molecule has 2 saturated heterocycles. The molecule has 3 rings (SSSR count). The highest BCUT2D eigenvalue weighted by Gasteiger charge is 2.37. The Balaban J connectivity index is 1.56. The number of anilines is 1. The zero-order valence-electron chi connectivity index (χ0n) is 16.1. The lowest BCUT2D eigenvalue weighted by Crippen LogP contribution is -2.50. The minimum absolute atomic E-state index is 0.0472. The van der Waals surface area contributed by atoms with Crippen molar-refractivity contribution in [2.24, 2.45) is 0 Å². The smallest absolute Gasteiger partial charge is 0.241 e. The maximum absolute atomic E-state index is 12.5. The van der Waals surface area contributed by atoms with Gasteiger partial charge in [-0.3, -0.25) is 9.52 Å². The molecule has 2 N–H and O–H groups in total. The first-order valence-corrected chi connectivity index (χ1v) is 11.2. The number of ether oxygens (including phenoxy) is 1. The first kappa shape index (κ1) is 19.9. The van der Waals surface area contributed by atoms with Crippen molar-refractivity contribution >= 4 is 21.6 Å². The van der Waals surface area contributed by atoms with E-state index >= 15 is 0 Å².